The van der Waals surface area contributed by atoms with Gasteiger partial charge in [0.1, 0.15) is 6.04 Å². The first-order valence-electron chi connectivity index (χ1n) is 8.76. The Labute approximate surface area is 149 Å². The van der Waals surface area contributed by atoms with Gasteiger partial charge < -0.3 is 14.6 Å². The number of carbonyl (C=O) groups is 1. The zero-order valence-corrected chi connectivity index (χ0v) is 14.4. The molecule has 2 fully saturated rings. The molecule has 1 aliphatic heterocycles. The van der Waals surface area contributed by atoms with Crippen molar-refractivity contribution < 1.29 is 18.0 Å². The first-order chi connectivity index (χ1) is 12.4. The molecule has 0 bridgehead atoms. The Morgan fingerprint density at radius 1 is 1.35 bits per heavy atom. The fourth-order valence-electron chi connectivity index (χ4n) is 3.57. The van der Waals surface area contributed by atoms with Gasteiger partial charge in [-0.2, -0.15) is 0 Å². The van der Waals surface area contributed by atoms with Crippen LogP contribution in [0.4, 0.5) is 14.8 Å². The summed E-state index contributed by atoms with van der Waals surface area (Å²) in [6, 6.07) is 8.87. The molecule has 138 valence electrons. The molecular formula is C18H20F2N4O2. The Bertz CT molecular complexity index is 811. The maximum atomic E-state index is 13.5. The lowest BCUT2D eigenvalue weighted by molar-refractivity contribution is -0.131. The largest absolute Gasteiger partial charge is 0.403 e. The smallest absolute Gasteiger partial charge is 0.316 e. The van der Waals surface area contributed by atoms with Gasteiger partial charge in [0.05, 0.1) is 5.41 Å². The van der Waals surface area contributed by atoms with Crippen LogP contribution in [0.25, 0.3) is 11.5 Å². The lowest BCUT2D eigenvalue weighted by atomic mass is 10.1. The second-order valence-electron chi connectivity index (χ2n) is 7.05. The lowest BCUT2D eigenvalue weighted by Gasteiger charge is -2.22. The molecule has 0 radical (unpaired) electrons. The number of likely N-dealkylation sites (tertiary alicyclic amines) is 1. The number of anilines is 1. The zero-order valence-electron chi connectivity index (χ0n) is 14.4. The van der Waals surface area contributed by atoms with Crippen LogP contribution in [-0.2, 0) is 4.79 Å². The predicted molar refractivity (Wildman–Crippen MR) is 90.6 cm³/mol. The Morgan fingerprint density at radius 3 is 2.69 bits per heavy atom. The normalized spacial score (nSPS) is 24.7. The zero-order chi connectivity index (χ0) is 18.4. The van der Waals surface area contributed by atoms with Crippen LogP contribution >= 0.6 is 0 Å². The van der Waals surface area contributed by atoms with Crippen molar-refractivity contribution in [1.82, 2.24) is 15.1 Å². The van der Waals surface area contributed by atoms with E-state index < -0.39 is 17.4 Å². The number of carbonyl (C=O) groups excluding carboxylic acids is 1. The predicted octanol–water partition coefficient (Wildman–Crippen LogP) is 3.18. The Hall–Kier alpha value is -2.51. The van der Waals surface area contributed by atoms with Gasteiger partial charge in [-0.25, -0.2) is 8.78 Å². The monoisotopic (exact) mass is 362 g/mol. The van der Waals surface area contributed by atoms with E-state index in [4.69, 9.17) is 4.42 Å². The summed E-state index contributed by atoms with van der Waals surface area (Å²) < 4.78 is 32.6. The van der Waals surface area contributed by atoms with Crippen molar-refractivity contribution in [3.8, 4) is 11.5 Å². The second-order valence-corrected chi connectivity index (χ2v) is 7.05. The average Bonchev–Trinajstić information content (AvgIpc) is 3.05. The van der Waals surface area contributed by atoms with E-state index in [1.807, 2.05) is 37.3 Å². The highest BCUT2D eigenvalue weighted by Crippen LogP contribution is 2.65. The molecule has 1 saturated carbocycles. The van der Waals surface area contributed by atoms with Crippen LogP contribution in [0.2, 0.25) is 0 Å². The van der Waals surface area contributed by atoms with Crippen molar-refractivity contribution in [3.05, 3.63) is 30.3 Å². The molecule has 1 aliphatic carbocycles. The van der Waals surface area contributed by atoms with Crippen LogP contribution in [0, 0.1) is 5.41 Å². The summed E-state index contributed by atoms with van der Waals surface area (Å²) in [6.07, 6.45) is 0.737. The number of amides is 1. The molecule has 26 heavy (non-hydrogen) atoms. The Morgan fingerprint density at radius 2 is 2.08 bits per heavy atom. The highest BCUT2D eigenvalue weighted by molar-refractivity contribution is 5.84. The van der Waals surface area contributed by atoms with Gasteiger partial charge in [-0.05, 0) is 25.0 Å². The Balaban J connectivity index is 1.42. The number of halogens is 2. The number of nitrogens with zero attached hydrogens (tertiary/aromatic N) is 3. The molecule has 1 N–H and O–H groups in total. The van der Waals surface area contributed by atoms with Crippen molar-refractivity contribution in [2.45, 2.75) is 38.2 Å². The summed E-state index contributed by atoms with van der Waals surface area (Å²) in [6.45, 7) is 2.34. The molecule has 1 aromatic heterocycles. The first kappa shape index (κ1) is 16.9. The number of alkyl halides is 2. The molecular weight excluding hydrogens is 342 g/mol. The highest BCUT2D eigenvalue weighted by Gasteiger charge is 2.73. The van der Waals surface area contributed by atoms with Gasteiger partial charge in [-0.15, -0.1) is 5.10 Å². The summed E-state index contributed by atoms with van der Waals surface area (Å²) in [5.74, 6) is -2.48. The standard InChI is InChI=1S/C18H20F2N4O2/c1-2-13(15(25)24-9-8-17(11-24)10-18(17,19)20)21-16-23-22-14(26-16)12-6-4-3-5-7-12/h3-7,13H,2,8-11H2,1H3,(H,21,23)/t13-,17-/m1/s1. The minimum absolute atomic E-state index is 0.113. The van der Waals surface area contributed by atoms with Crippen LogP contribution in [-0.4, -0.2) is 46.1 Å². The van der Waals surface area contributed by atoms with E-state index in [0.717, 1.165) is 5.56 Å². The second kappa shape index (κ2) is 6.03. The van der Waals surface area contributed by atoms with Gasteiger partial charge in [0.2, 0.25) is 11.8 Å². The molecule has 6 nitrogen and oxygen atoms in total. The van der Waals surface area contributed by atoms with Gasteiger partial charge in [0.15, 0.2) is 0 Å². The molecule has 0 unspecified atom stereocenters. The van der Waals surface area contributed by atoms with Gasteiger partial charge in [0.25, 0.3) is 5.92 Å². The summed E-state index contributed by atoms with van der Waals surface area (Å²) in [5.41, 5.74) is -0.212. The summed E-state index contributed by atoms with van der Waals surface area (Å²) in [5, 5.41) is 10.9. The summed E-state index contributed by atoms with van der Waals surface area (Å²) in [4.78, 5) is 14.2. The minimum atomic E-state index is -2.63. The van der Waals surface area contributed by atoms with E-state index in [2.05, 4.69) is 15.5 Å². The molecule has 1 amide bonds. The van der Waals surface area contributed by atoms with Crippen LogP contribution in [0.1, 0.15) is 26.2 Å². The fourth-order valence-corrected chi connectivity index (χ4v) is 3.57. The van der Waals surface area contributed by atoms with Crippen LogP contribution in [0.5, 0.6) is 0 Å². The lowest BCUT2D eigenvalue weighted by Crippen LogP contribution is -2.42. The topological polar surface area (TPSA) is 71.3 Å². The number of hydrogen-bond donors (Lipinski definition) is 1. The maximum Gasteiger partial charge on any atom is 0.316 e. The number of aromatic nitrogens is 2. The molecule has 1 spiro atoms. The molecule has 2 aromatic rings. The maximum absolute atomic E-state index is 13.5. The van der Waals surface area contributed by atoms with Gasteiger partial charge in [-0.1, -0.05) is 30.2 Å². The SMILES string of the molecule is CC[C@@H](Nc1nnc(-c2ccccc2)o1)C(=O)N1CC[C@]2(C1)CC2(F)F. The van der Waals surface area contributed by atoms with E-state index >= 15 is 0 Å². The molecule has 2 heterocycles. The third-order valence-corrected chi connectivity index (χ3v) is 5.33. The van der Waals surface area contributed by atoms with E-state index in [1.165, 1.54) is 4.90 Å². The molecule has 2 aliphatic rings. The van der Waals surface area contributed by atoms with Crippen LogP contribution < -0.4 is 5.32 Å². The number of benzene rings is 1. The third kappa shape index (κ3) is 2.83. The molecule has 2 atom stereocenters. The van der Waals surface area contributed by atoms with Crippen molar-refractivity contribution in [3.63, 3.8) is 0 Å². The highest BCUT2D eigenvalue weighted by atomic mass is 19.3. The van der Waals surface area contributed by atoms with Gasteiger partial charge >= 0.3 is 6.01 Å². The van der Waals surface area contributed by atoms with Gasteiger partial charge in [-0.3, -0.25) is 4.79 Å². The molecule has 1 aromatic carbocycles. The van der Waals surface area contributed by atoms with E-state index in [-0.39, 0.29) is 24.9 Å². The van der Waals surface area contributed by atoms with E-state index in [1.54, 1.807) is 0 Å². The van der Waals surface area contributed by atoms with E-state index in [0.29, 0.717) is 25.3 Å². The van der Waals surface area contributed by atoms with Crippen molar-refractivity contribution in [2.24, 2.45) is 5.41 Å². The number of rotatable bonds is 5. The quantitative estimate of drug-likeness (QED) is 0.885. The molecule has 4 rings (SSSR count). The minimum Gasteiger partial charge on any atom is -0.403 e. The summed E-state index contributed by atoms with van der Waals surface area (Å²) in [7, 11) is 0. The number of hydrogen-bond acceptors (Lipinski definition) is 5. The van der Waals surface area contributed by atoms with Crippen molar-refractivity contribution >= 4 is 11.9 Å². The number of nitrogens with one attached hydrogen (secondary N) is 1. The van der Waals surface area contributed by atoms with Crippen molar-refractivity contribution in [1.29, 1.82) is 0 Å². The summed E-state index contributed by atoms with van der Waals surface area (Å²) >= 11 is 0. The first-order valence-corrected chi connectivity index (χ1v) is 8.76. The third-order valence-electron chi connectivity index (χ3n) is 5.33. The van der Waals surface area contributed by atoms with E-state index in [9.17, 15) is 13.6 Å². The van der Waals surface area contributed by atoms with Crippen LogP contribution in [0.15, 0.2) is 34.7 Å². The molecule has 8 heteroatoms. The van der Waals surface area contributed by atoms with Crippen molar-refractivity contribution in [2.75, 3.05) is 18.4 Å². The molecule has 1 saturated heterocycles. The fraction of sp³-hybridized carbons (Fsp3) is 0.500. The van der Waals surface area contributed by atoms with Gasteiger partial charge in [0, 0.05) is 25.1 Å². The Kier molecular flexibility index (Phi) is 3.93. The average molecular weight is 362 g/mol. The van der Waals surface area contributed by atoms with Crippen LogP contribution in [0.3, 0.4) is 0 Å².